The van der Waals surface area contributed by atoms with Crippen LogP contribution in [0, 0.1) is 0 Å². The van der Waals surface area contributed by atoms with Crippen LogP contribution >= 0.6 is 0 Å². The van der Waals surface area contributed by atoms with Crippen LogP contribution in [0.25, 0.3) is 10.9 Å². The van der Waals surface area contributed by atoms with E-state index in [0.29, 0.717) is 6.04 Å². The van der Waals surface area contributed by atoms with Crippen molar-refractivity contribution in [1.29, 1.82) is 0 Å². The third-order valence-corrected chi connectivity index (χ3v) is 4.54. The summed E-state index contributed by atoms with van der Waals surface area (Å²) in [6.45, 7) is 2.30. The van der Waals surface area contributed by atoms with Crippen LogP contribution < -0.4 is 5.32 Å². The molecule has 0 saturated carbocycles. The van der Waals surface area contributed by atoms with Crippen molar-refractivity contribution in [3.8, 4) is 0 Å². The fraction of sp³-hybridized carbons (Fsp3) is 0.556. The van der Waals surface area contributed by atoms with Crippen molar-refractivity contribution >= 4 is 10.9 Å². The number of unbranched alkanes of at least 4 members (excludes halogenated alkanes) is 1. The van der Waals surface area contributed by atoms with E-state index in [4.69, 9.17) is 0 Å². The highest BCUT2D eigenvalue weighted by Gasteiger charge is 2.23. The first-order valence-electron chi connectivity index (χ1n) is 8.23. The Balaban J connectivity index is 1.64. The Morgan fingerprint density at radius 2 is 2.10 bits per heavy atom. The summed E-state index contributed by atoms with van der Waals surface area (Å²) >= 11 is 0. The molecule has 1 aromatic carbocycles. The molecule has 1 aliphatic rings. The highest BCUT2D eigenvalue weighted by molar-refractivity contribution is 5.85. The van der Waals surface area contributed by atoms with Gasteiger partial charge < -0.3 is 15.2 Å². The van der Waals surface area contributed by atoms with E-state index in [9.17, 15) is 0 Å². The number of aryl methyl sites for hydroxylation is 1. The van der Waals surface area contributed by atoms with Gasteiger partial charge in [0, 0.05) is 22.6 Å². The Morgan fingerprint density at radius 1 is 1.24 bits per heavy atom. The Bertz CT molecular complexity index is 585. The van der Waals surface area contributed by atoms with Gasteiger partial charge in [-0.05, 0) is 70.9 Å². The van der Waals surface area contributed by atoms with Gasteiger partial charge >= 0.3 is 0 Å². The van der Waals surface area contributed by atoms with Crippen molar-refractivity contribution in [2.45, 2.75) is 38.1 Å². The first-order chi connectivity index (χ1) is 10.3. The van der Waals surface area contributed by atoms with E-state index in [-0.39, 0.29) is 0 Å². The largest absolute Gasteiger partial charge is 0.357 e. The van der Waals surface area contributed by atoms with Crippen molar-refractivity contribution in [3.63, 3.8) is 0 Å². The zero-order valence-corrected chi connectivity index (χ0v) is 13.3. The monoisotopic (exact) mass is 285 g/mol. The normalized spacial score (nSPS) is 18.3. The van der Waals surface area contributed by atoms with E-state index in [1.807, 2.05) is 0 Å². The van der Waals surface area contributed by atoms with E-state index in [0.717, 1.165) is 6.54 Å². The van der Waals surface area contributed by atoms with Crippen molar-refractivity contribution in [2.24, 2.45) is 0 Å². The molecule has 3 rings (SSSR count). The highest BCUT2D eigenvalue weighted by atomic mass is 15.0. The number of H-pyrrole nitrogens is 1. The zero-order chi connectivity index (χ0) is 14.7. The molecule has 0 aliphatic heterocycles. The molecule has 0 saturated heterocycles. The lowest BCUT2D eigenvalue weighted by molar-refractivity contribution is 0.382. The molecule has 0 spiro atoms. The van der Waals surface area contributed by atoms with E-state index in [1.54, 1.807) is 5.56 Å². The number of aromatic nitrogens is 1. The average molecular weight is 285 g/mol. The molecular formula is C18H27N3. The fourth-order valence-corrected chi connectivity index (χ4v) is 3.45. The van der Waals surface area contributed by atoms with Crippen molar-refractivity contribution in [3.05, 3.63) is 35.5 Å². The summed E-state index contributed by atoms with van der Waals surface area (Å²) in [4.78, 5) is 5.91. The molecule has 0 fully saturated rings. The van der Waals surface area contributed by atoms with Gasteiger partial charge in [0.15, 0.2) is 0 Å². The summed E-state index contributed by atoms with van der Waals surface area (Å²) in [5, 5.41) is 5.19. The van der Waals surface area contributed by atoms with E-state index in [1.165, 1.54) is 55.2 Å². The van der Waals surface area contributed by atoms with Crippen LogP contribution in [0.3, 0.4) is 0 Å². The third-order valence-electron chi connectivity index (χ3n) is 4.54. The lowest BCUT2D eigenvalue weighted by atomic mass is 9.91. The standard InChI is InChI=1S/C18H27N3/c1-21(2)13-6-5-12-19-17-11-7-9-15-14-8-3-4-10-16(14)20-18(15)17/h3-4,8,10,17,19-20H,5-7,9,11-13H2,1-2H3. The van der Waals surface area contributed by atoms with E-state index >= 15 is 0 Å². The van der Waals surface area contributed by atoms with Gasteiger partial charge in [0.1, 0.15) is 0 Å². The SMILES string of the molecule is CN(C)CCCCNC1CCCc2c1[nH]c1ccccc21. The van der Waals surface area contributed by atoms with Crippen LogP contribution in [0.4, 0.5) is 0 Å². The molecule has 114 valence electrons. The van der Waals surface area contributed by atoms with E-state index < -0.39 is 0 Å². The van der Waals surface area contributed by atoms with Gasteiger partial charge in [-0.1, -0.05) is 18.2 Å². The molecule has 2 N–H and O–H groups in total. The molecule has 1 heterocycles. The molecule has 0 amide bonds. The number of rotatable bonds is 6. The number of para-hydroxylation sites is 1. The maximum Gasteiger partial charge on any atom is 0.0476 e. The summed E-state index contributed by atoms with van der Waals surface area (Å²) in [5.74, 6) is 0. The molecule has 0 radical (unpaired) electrons. The smallest absolute Gasteiger partial charge is 0.0476 e. The summed E-state index contributed by atoms with van der Waals surface area (Å²) in [5.41, 5.74) is 4.28. The van der Waals surface area contributed by atoms with Crippen LogP contribution in [-0.4, -0.2) is 37.1 Å². The summed E-state index contributed by atoms with van der Waals surface area (Å²) in [7, 11) is 4.29. The average Bonchev–Trinajstić information content (AvgIpc) is 2.86. The van der Waals surface area contributed by atoms with Crippen LogP contribution in [0.2, 0.25) is 0 Å². The van der Waals surface area contributed by atoms with Crippen LogP contribution in [-0.2, 0) is 6.42 Å². The van der Waals surface area contributed by atoms with Gasteiger partial charge in [-0.25, -0.2) is 0 Å². The predicted octanol–water partition coefficient (Wildman–Crippen LogP) is 3.48. The molecule has 0 bridgehead atoms. The minimum absolute atomic E-state index is 0.514. The molecule has 1 unspecified atom stereocenters. The second kappa shape index (κ2) is 6.63. The Labute approximate surface area is 127 Å². The molecule has 1 aromatic heterocycles. The number of benzene rings is 1. The molecule has 1 atom stereocenters. The Kier molecular flexibility index (Phi) is 4.61. The number of nitrogens with one attached hydrogen (secondary N) is 2. The van der Waals surface area contributed by atoms with Gasteiger partial charge in [0.2, 0.25) is 0 Å². The Hall–Kier alpha value is -1.32. The summed E-state index contributed by atoms with van der Waals surface area (Å²) < 4.78 is 0. The van der Waals surface area contributed by atoms with Gasteiger partial charge in [0.05, 0.1) is 0 Å². The predicted molar refractivity (Wildman–Crippen MR) is 89.8 cm³/mol. The van der Waals surface area contributed by atoms with Gasteiger partial charge in [-0.3, -0.25) is 0 Å². The molecule has 1 aliphatic carbocycles. The number of hydrogen-bond donors (Lipinski definition) is 2. The van der Waals surface area contributed by atoms with Gasteiger partial charge in [-0.15, -0.1) is 0 Å². The topological polar surface area (TPSA) is 31.1 Å². The summed E-state index contributed by atoms with van der Waals surface area (Å²) in [6, 6.07) is 9.23. The minimum atomic E-state index is 0.514. The molecule has 21 heavy (non-hydrogen) atoms. The fourth-order valence-electron chi connectivity index (χ4n) is 3.45. The highest BCUT2D eigenvalue weighted by Crippen LogP contribution is 2.34. The number of fused-ring (bicyclic) bond motifs is 3. The van der Waals surface area contributed by atoms with Crippen LogP contribution in [0.1, 0.15) is 43.0 Å². The first-order valence-corrected chi connectivity index (χ1v) is 8.23. The molecule has 3 nitrogen and oxygen atoms in total. The Morgan fingerprint density at radius 3 is 2.95 bits per heavy atom. The molecule has 2 aromatic rings. The van der Waals surface area contributed by atoms with Crippen molar-refractivity contribution in [2.75, 3.05) is 27.2 Å². The molecule has 3 heteroatoms. The van der Waals surface area contributed by atoms with E-state index in [2.05, 4.69) is 53.6 Å². The number of aromatic amines is 1. The number of hydrogen-bond acceptors (Lipinski definition) is 2. The lowest BCUT2D eigenvalue weighted by Crippen LogP contribution is -2.26. The molecular weight excluding hydrogens is 258 g/mol. The third kappa shape index (κ3) is 3.30. The zero-order valence-electron chi connectivity index (χ0n) is 13.3. The maximum absolute atomic E-state index is 3.76. The maximum atomic E-state index is 3.76. The van der Waals surface area contributed by atoms with Crippen LogP contribution in [0.5, 0.6) is 0 Å². The van der Waals surface area contributed by atoms with Crippen molar-refractivity contribution < 1.29 is 0 Å². The lowest BCUT2D eigenvalue weighted by Gasteiger charge is -2.24. The summed E-state index contributed by atoms with van der Waals surface area (Å²) in [6.07, 6.45) is 6.30. The first kappa shape index (κ1) is 14.6. The second-order valence-electron chi connectivity index (χ2n) is 6.47. The quantitative estimate of drug-likeness (QED) is 0.796. The van der Waals surface area contributed by atoms with Gasteiger partial charge in [-0.2, -0.15) is 0 Å². The van der Waals surface area contributed by atoms with Crippen molar-refractivity contribution in [1.82, 2.24) is 15.2 Å². The van der Waals surface area contributed by atoms with Gasteiger partial charge in [0.25, 0.3) is 0 Å². The second-order valence-corrected chi connectivity index (χ2v) is 6.47. The van der Waals surface area contributed by atoms with Crippen LogP contribution in [0.15, 0.2) is 24.3 Å². The minimum Gasteiger partial charge on any atom is -0.357 e. The number of nitrogens with zero attached hydrogens (tertiary/aromatic N) is 1.